The quantitative estimate of drug-likeness (QED) is 0.859. The summed E-state index contributed by atoms with van der Waals surface area (Å²) < 4.78 is 28.1. The van der Waals surface area contributed by atoms with Crippen LogP contribution in [0.15, 0.2) is 30.6 Å². The molecule has 2 aromatic rings. The van der Waals surface area contributed by atoms with E-state index >= 15 is 0 Å². The van der Waals surface area contributed by atoms with Gasteiger partial charge in [0, 0.05) is 50.8 Å². The van der Waals surface area contributed by atoms with Gasteiger partial charge in [-0.3, -0.25) is 9.69 Å². The fraction of sp³-hybridized carbons (Fsp3) is 0.375. The normalized spacial score (nSPS) is 17.8. The van der Waals surface area contributed by atoms with Crippen LogP contribution < -0.4 is 10.6 Å². The Morgan fingerprint density at radius 3 is 2.88 bits per heavy atom. The number of carbonyl (C=O) groups is 1. The zero-order chi connectivity index (χ0) is 17.1. The van der Waals surface area contributed by atoms with Crippen molar-refractivity contribution in [2.45, 2.75) is 6.04 Å². The van der Waals surface area contributed by atoms with Crippen LogP contribution in [0.2, 0.25) is 0 Å². The fourth-order valence-electron chi connectivity index (χ4n) is 2.85. The first-order chi connectivity index (χ1) is 11.5. The molecule has 2 N–H and O–H groups in total. The van der Waals surface area contributed by atoms with Crippen molar-refractivity contribution in [3.8, 4) is 0 Å². The van der Waals surface area contributed by atoms with Gasteiger partial charge in [0.1, 0.15) is 5.82 Å². The lowest BCUT2D eigenvalue weighted by atomic mass is 10.1. The molecule has 2 heterocycles. The minimum atomic E-state index is -0.985. The molecule has 0 aliphatic carbocycles. The zero-order valence-corrected chi connectivity index (χ0v) is 14.5. The van der Waals surface area contributed by atoms with Crippen LogP contribution in [0.1, 0.15) is 11.9 Å². The number of imidazole rings is 1. The van der Waals surface area contributed by atoms with Crippen LogP contribution in [0.5, 0.6) is 0 Å². The molecule has 1 aromatic carbocycles. The zero-order valence-electron chi connectivity index (χ0n) is 13.7. The smallest absolute Gasteiger partial charge is 0.238 e. The van der Waals surface area contributed by atoms with E-state index in [1.54, 1.807) is 6.20 Å². The Morgan fingerprint density at radius 2 is 2.20 bits per heavy atom. The number of benzene rings is 1. The highest BCUT2D eigenvalue weighted by molar-refractivity contribution is 5.92. The molecule has 1 unspecified atom stereocenters. The van der Waals surface area contributed by atoms with Crippen molar-refractivity contribution in [3.05, 3.63) is 48.1 Å². The molecule has 0 saturated carbocycles. The second-order valence-corrected chi connectivity index (χ2v) is 5.76. The SMILES string of the molecule is Cl.Cn1ccnc1C1CNCCN1CC(=O)Nc1ccc(F)c(F)c1. The molecule has 0 bridgehead atoms. The van der Waals surface area contributed by atoms with Crippen molar-refractivity contribution in [1.82, 2.24) is 19.8 Å². The van der Waals surface area contributed by atoms with Gasteiger partial charge in [0.25, 0.3) is 0 Å². The summed E-state index contributed by atoms with van der Waals surface area (Å²) in [7, 11) is 1.91. The van der Waals surface area contributed by atoms with E-state index in [1.807, 2.05) is 22.7 Å². The third kappa shape index (κ3) is 4.53. The maximum atomic E-state index is 13.2. The van der Waals surface area contributed by atoms with Crippen LogP contribution in [0.3, 0.4) is 0 Å². The Hall–Kier alpha value is -2.03. The van der Waals surface area contributed by atoms with Gasteiger partial charge in [-0.1, -0.05) is 0 Å². The van der Waals surface area contributed by atoms with E-state index in [2.05, 4.69) is 15.6 Å². The number of nitrogens with one attached hydrogen (secondary N) is 2. The number of piperazine rings is 1. The van der Waals surface area contributed by atoms with E-state index in [0.717, 1.165) is 24.5 Å². The third-order valence-electron chi connectivity index (χ3n) is 4.06. The van der Waals surface area contributed by atoms with Gasteiger partial charge in [0.05, 0.1) is 12.6 Å². The van der Waals surface area contributed by atoms with Gasteiger partial charge in [-0.05, 0) is 12.1 Å². The highest BCUT2D eigenvalue weighted by atomic mass is 35.5. The first-order valence-electron chi connectivity index (χ1n) is 7.71. The van der Waals surface area contributed by atoms with E-state index in [9.17, 15) is 13.6 Å². The molecule has 0 radical (unpaired) electrons. The number of aromatic nitrogens is 2. The van der Waals surface area contributed by atoms with E-state index < -0.39 is 11.6 Å². The maximum absolute atomic E-state index is 13.2. The monoisotopic (exact) mass is 371 g/mol. The Labute approximate surface area is 150 Å². The Bertz CT molecular complexity index is 739. The molecule has 136 valence electrons. The topological polar surface area (TPSA) is 62.2 Å². The molecule has 1 amide bonds. The van der Waals surface area contributed by atoms with E-state index in [0.29, 0.717) is 13.1 Å². The molecular weight excluding hydrogens is 352 g/mol. The average Bonchev–Trinajstić information content (AvgIpc) is 2.97. The highest BCUT2D eigenvalue weighted by Crippen LogP contribution is 2.20. The summed E-state index contributed by atoms with van der Waals surface area (Å²) in [6.07, 6.45) is 3.59. The molecule has 25 heavy (non-hydrogen) atoms. The fourth-order valence-corrected chi connectivity index (χ4v) is 2.85. The minimum Gasteiger partial charge on any atom is -0.337 e. The van der Waals surface area contributed by atoms with Gasteiger partial charge in [0.15, 0.2) is 11.6 Å². The lowest BCUT2D eigenvalue weighted by Gasteiger charge is -2.35. The molecule has 0 spiro atoms. The van der Waals surface area contributed by atoms with Gasteiger partial charge in [0.2, 0.25) is 5.91 Å². The van der Waals surface area contributed by atoms with Crippen LogP contribution in [-0.4, -0.2) is 46.5 Å². The van der Waals surface area contributed by atoms with Crippen molar-refractivity contribution >= 4 is 24.0 Å². The predicted octanol–water partition coefficient (Wildman–Crippen LogP) is 1.71. The van der Waals surface area contributed by atoms with Crippen LogP contribution in [-0.2, 0) is 11.8 Å². The molecule has 1 saturated heterocycles. The number of halogens is 3. The number of hydrogen-bond acceptors (Lipinski definition) is 4. The Morgan fingerprint density at radius 1 is 1.40 bits per heavy atom. The van der Waals surface area contributed by atoms with E-state index in [1.165, 1.54) is 6.07 Å². The molecule has 1 fully saturated rings. The van der Waals surface area contributed by atoms with Crippen LogP contribution in [0.4, 0.5) is 14.5 Å². The van der Waals surface area contributed by atoms with Gasteiger partial charge in [-0.2, -0.15) is 0 Å². The summed E-state index contributed by atoms with van der Waals surface area (Å²) >= 11 is 0. The van der Waals surface area contributed by atoms with Crippen molar-refractivity contribution < 1.29 is 13.6 Å². The van der Waals surface area contributed by atoms with Crippen molar-refractivity contribution in [1.29, 1.82) is 0 Å². The van der Waals surface area contributed by atoms with Gasteiger partial charge in [-0.25, -0.2) is 13.8 Å². The van der Waals surface area contributed by atoms with Crippen LogP contribution in [0.25, 0.3) is 0 Å². The third-order valence-corrected chi connectivity index (χ3v) is 4.06. The first-order valence-corrected chi connectivity index (χ1v) is 7.71. The van der Waals surface area contributed by atoms with Crippen LogP contribution in [0, 0.1) is 11.6 Å². The van der Waals surface area contributed by atoms with Crippen molar-refractivity contribution in [3.63, 3.8) is 0 Å². The molecule has 9 heteroatoms. The summed E-state index contributed by atoms with van der Waals surface area (Å²) in [4.78, 5) is 18.6. The Balaban J connectivity index is 0.00000225. The van der Waals surface area contributed by atoms with Gasteiger partial charge >= 0.3 is 0 Å². The molecular formula is C16H20ClF2N5O. The van der Waals surface area contributed by atoms with E-state index in [4.69, 9.17) is 0 Å². The van der Waals surface area contributed by atoms with Crippen LogP contribution >= 0.6 is 12.4 Å². The number of carbonyl (C=O) groups excluding carboxylic acids is 1. The average molecular weight is 372 g/mol. The predicted molar refractivity (Wildman–Crippen MR) is 92.6 cm³/mol. The lowest BCUT2D eigenvalue weighted by Crippen LogP contribution is -2.49. The van der Waals surface area contributed by atoms with Gasteiger partial charge < -0.3 is 15.2 Å². The molecule has 6 nitrogen and oxygen atoms in total. The summed E-state index contributed by atoms with van der Waals surface area (Å²) in [6.45, 7) is 2.32. The summed E-state index contributed by atoms with van der Waals surface area (Å²) in [5.74, 6) is -1.32. The largest absolute Gasteiger partial charge is 0.337 e. The molecule has 1 aliphatic rings. The second kappa shape index (κ2) is 8.37. The Kier molecular flexibility index (Phi) is 6.46. The van der Waals surface area contributed by atoms with Gasteiger partial charge in [-0.15, -0.1) is 12.4 Å². The minimum absolute atomic E-state index is 0. The number of aryl methyl sites for hydroxylation is 1. The van der Waals surface area contributed by atoms with Crippen molar-refractivity contribution in [2.75, 3.05) is 31.5 Å². The molecule has 1 atom stereocenters. The van der Waals surface area contributed by atoms with Crippen molar-refractivity contribution in [2.24, 2.45) is 7.05 Å². The highest BCUT2D eigenvalue weighted by Gasteiger charge is 2.28. The van der Waals surface area contributed by atoms with E-state index in [-0.39, 0.29) is 36.6 Å². The summed E-state index contributed by atoms with van der Waals surface area (Å²) in [6, 6.07) is 3.28. The lowest BCUT2D eigenvalue weighted by molar-refractivity contribution is -0.118. The number of amides is 1. The number of anilines is 1. The molecule has 1 aromatic heterocycles. The standard InChI is InChI=1S/C16H19F2N5O.ClH/c1-22-6-5-20-16(22)14-9-19-4-7-23(14)10-15(24)21-11-2-3-12(17)13(18)8-11;/h2-3,5-6,8,14,19H,4,7,9-10H2,1H3,(H,21,24);1H. The molecule has 1 aliphatic heterocycles. The summed E-state index contributed by atoms with van der Waals surface area (Å²) in [5.41, 5.74) is 0.238. The number of rotatable bonds is 4. The number of nitrogens with zero attached hydrogens (tertiary/aromatic N) is 3. The second-order valence-electron chi connectivity index (χ2n) is 5.76. The summed E-state index contributed by atoms with van der Waals surface area (Å²) in [5, 5.41) is 5.90. The number of hydrogen-bond donors (Lipinski definition) is 2. The maximum Gasteiger partial charge on any atom is 0.238 e. The first kappa shape index (κ1) is 19.3. The molecule has 3 rings (SSSR count).